The summed E-state index contributed by atoms with van der Waals surface area (Å²) in [6.07, 6.45) is 2.65. The van der Waals surface area contributed by atoms with Crippen LogP contribution in [0.25, 0.3) is 10.9 Å². The quantitative estimate of drug-likeness (QED) is 0.837. The van der Waals surface area contributed by atoms with Crippen LogP contribution >= 0.6 is 11.6 Å². The van der Waals surface area contributed by atoms with Crippen molar-refractivity contribution in [2.24, 2.45) is 0 Å². The number of halogens is 1. The number of rotatable bonds is 3. The van der Waals surface area contributed by atoms with E-state index in [4.69, 9.17) is 11.6 Å². The molecule has 1 aromatic heterocycles. The number of hydrogen-bond donors (Lipinski definition) is 2. The second-order valence-electron chi connectivity index (χ2n) is 4.57. The third kappa shape index (κ3) is 1.83. The maximum absolute atomic E-state index is 6.01. The van der Waals surface area contributed by atoms with Crippen LogP contribution in [0.5, 0.6) is 0 Å². The van der Waals surface area contributed by atoms with E-state index in [1.165, 1.54) is 35.0 Å². The number of aryl methyl sites for hydroxylation is 1. The normalized spacial score (nSPS) is 15.9. The molecule has 3 heteroatoms. The Morgan fingerprint density at radius 1 is 1.44 bits per heavy atom. The minimum atomic E-state index is 0.745. The molecule has 2 N–H and O–H groups in total. The highest BCUT2D eigenvalue weighted by Gasteiger charge is 2.20. The third-order valence-corrected chi connectivity index (χ3v) is 3.50. The second kappa shape index (κ2) is 3.79. The minimum Gasteiger partial charge on any atom is -0.357 e. The van der Waals surface area contributed by atoms with Crippen molar-refractivity contribution in [2.75, 3.05) is 0 Å². The first kappa shape index (κ1) is 10.2. The number of nitrogens with one attached hydrogen (secondary N) is 2. The van der Waals surface area contributed by atoms with E-state index in [1.807, 2.05) is 18.2 Å². The highest BCUT2D eigenvalue weighted by atomic mass is 35.5. The van der Waals surface area contributed by atoms with Crippen molar-refractivity contribution in [3.63, 3.8) is 0 Å². The Balaban J connectivity index is 1.94. The highest BCUT2D eigenvalue weighted by Crippen LogP contribution is 2.26. The van der Waals surface area contributed by atoms with Gasteiger partial charge in [-0.2, -0.15) is 0 Å². The van der Waals surface area contributed by atoms with Gasteiger partial charge in [-0.25, -0.2) is 0 Å². The summed E-state index contributed by atoms with van der Waals surface area (Å²) in [5.74, 6) is 0. The molecule has 16 heavy (non-hydrogen) atoms. The summed E-state index contributed by atoms with van der Waals surface area (Å²) >= 11 is 6.01. The molecule has 3 rings (SSSR count). The van der Waals surface area contributed by atoms with Gasteiger partial charge >= 0.3 is 0 Å². The molecule has 1 aliphatic carbocycles. The van der Waals surface area contributed by atoms with E-state index in [0.29, 0.717) is 0 Å². The van der Waals surface area contributed by atoms with Crippen molar-refractivity contribution in [2.45, 2.75) is 32.4 Å². The van der Waals surface area contributed by atoms with Crippen LogP contribution in [-0.4, -0.2) is 11.0 Å². The summed E-state index contributed by atoms with van der Waals surface area (Å²) in [5, 5.41) is 5.56. The van der Waals surface area contributed by atoms with Gasteiger partial charge in [0, 0.05) is 34.2 Å². The van der Waals surface area contributed by atoms with E-state index in [9.17, 15) is 0 Å². The van der Waals surface area contributed by atoms with Crippen LogP contribution in [0.1, 0.15) is 24.1 Å². The van der Waals surface area contributed by atoms with Crippen molar-refractivity contribution in [3.8, 4) is 0 Å². The van der Waals surface area contributed by atoms with Gasteiger partial charge < -0.3 is 10.3 Å². The molecule has 0 atom stereocenters. The molecule has 0 spiro atoms. The van der Waals surface area contributed by atoms with Crippen molar-refractivity contribution < 1.29 is 0 Å². The molecule has 0 saturated heterocycles. The molecule has 0 aliphatic heterocycles. The van der Waals surface area contributed by atoms with Gasteiger partial charge in [0.25, 0.3) is 0 Å². The molecule has 1 saturated carbocycles. The number of aromatic amines is 1. The maximum Gasteiger partial charge on any atom is 0.0460 e. The third-order valence-electron chi connectivity index (χ3n) is 3.27. The van der Waals surface area contributed by atoms with Gasteiger partial charge in [-0.1, -0.05) is 11.6 Å². The average molecular weight is 235 g/mol. The van der Waals surface area contributed by atoms with Gasteiger partial charge in [0.05, 0.1) is 0 Å². The molecule has 1 aromatic carbocycles. The van der Waals surface area contributed by atoms with Crippen molar-refractivity contribution in [1.29, 1.82) is 0 Å². The first-order chi connectivity index (χ1) is 7.74. The van der Waals surface area contributed by atoms with Gasteiger partial charge in [0.2, 0.25) is 0 Å². The zero-order valence-corrected chi connectivity index (χ0v) is 10.1. The lowest BCUT2D eigenvalue weighted by Crippen LogP contribution is -2.16. The number of hydrogen-bond acceptors (Lipinski definition) is 1. The summed E-state index contributed by atoms with van der Waals surface area (Å²) in [6, 6.07) is 6.75. The molecule has 0 radical (unpaired) electrons. The fraction of sp³-hybridized carbons (Fsp3) is 0.385. The smallest absolute Gasteiger partial charge is 0.0460 e. The van der Waals surface area contributed by atoms with Crippen LogP contribution in [0.4, 0.5) is 0 Å². The predicted molar refractivity (Wildman–Crippen MR) is 67.9 cm³/mol. The van der Waals surface area contributed by atoms with Crippen LogP contribution < -0.4 is 5.32 Å². The number of H-pyrrole nitrogens is 1. The standard InChI is InChI=1S/C13H15ClN2/c1-8-11-6-9(14)2-5-12(11)16-13(8)7-15-10-3-4-10/h2,5-6,10,15-16H,3-4,7H2,1H3. The lowest BCUT2D eigenvalue weighted by atomic mass is 10.1. The van der Waals surface area contributed by atoms with Gasteiger partial charge in [-0.3, -0.25) is 0 Å². The zero-order valence-electron chi connectivity index (χ0n) is 9.31. The molecule has 2 aromatic rings. The van der Waals surface area contributed by atoms with Crippen LogP contribution in [0, 0.1) is 6.92 Å². The molecule has 1 fully saturated rings. The monoisotopic (exact) mass is 234 g/mol. The van der Waals surface area contributed by atoms with Gasteiger partial charge in [0.15, 0.2) is 0 Å². The lowest BCUT2D eigenvalue weighted by molar-refractivity contribution is 0.676. The Bertz CT molecular complexity index is 526. The van der Waals surface area contributed by atoms with Crippen LogP contribution in [0.2, 0.25) is 5.02 Å². The summed E-state index contributed by atoms with van der Waals surface area (Å²) in [6.45, 7) is 3.09. The summed E-state index contributed by atoms with van der Waals surface area (Å²) in [5.41, 5.74) is 3.77. The molecule has 1 aliphatic rings. The first-order valence-electron chi connectivity index (χ1n) is 5.74. The SMILES string of the molecule is Cc1c(CNC2CC2)[nH]c2ccc(Cl)cc12. The fourth-order valence-electron chi connectivity index (χ4n) is 2.07. The Morgan fingerprint density at radius 3 is 3.00 bits per heavy atom. The number of aromatic nitrogens is 1. The Labute approximate surface area is 100.0 Å². The second-order valence-corrected chi connectivity index (χ2v) is 5.01. The topological polar surface area (TPSA) is 27.8 Å². The van der Waals surface area contributed by atoms with E-state index >= 15 is 0 Å². The molecule has 84 valence electrons. The highest BCUT2D eigenvalue weighted by molar-refractivity contribution is 6.31. The largest absolute Gasteiger partial charge is 0.357 e. The summed E-state index contributed by atoms with van der Waals surface area (Å²) in [4.78, 5) is 3.45. The molecule has 2 nitrogen and oxygen atoms in total. The Morgan fingerprint density at radius 2 is 2.25 bits per heavy atom. The molecular weight excluding hydrogens is 220 g/mol. The fourth-order valence-corrected chi connectivity index (χ4v) is 2.24. The molecule has 0 amide bonds. The summed E-state index contributed by atoms with van der Waals surface area (Å²) < 4.78 is 0. The molecule has 1 heterocycles. The zero-order chi connectivity index (χ0) is 11.1. The van der Waals surface area contributed by atoms with E-state index in [0.717, 1.165) is 17.6 Å². The predicted octanol–water partition coefficient (Wildman–Crippen LogP) is 3.38. The van der Waals surface area contributed by atoms with Crippen molar-refractivity contribution in [3.05, 3.63) is 34.5 Å². The number of fused-ring (bicyclic) bond motifs is 1. The van der Waals surface area contributed by atoms with Gasteiger partial charge in [0.1, 0.15) is 0 Å². The van der Waals surface area contributed by atoms with Crippen LogP contribution in [-0.2, 0) is 6.54 Å². The van der Waals surface area contributed by atoms with Gasteiger partial charge in [-0.15, -0.1) is 0 Å². The minimum absolute atomic E-state index is 0.745. The first-order valence-corrected chi connectivity index (χ1v) is 6.12. The van der Waals surface area contributed by atoms with Crippen molar-refractivity contribution in [1.82, 2.24) is 10.3 Å². The van der Waals surface area contributed by atoms with E-state index in [2.05, 4.69) is 17.2 Å². The molecule has 0 unspecified atom stereocenters. The Hall–Kier alpha value is -0.990. The van der Waals surface area contributed by atoms with Crippen molar-refractivity contribution >= 4 is 22.5 Å². The summed E-state index contributed by atoms with van der Waals surface area (Å²) in [7, 11) is 0. The molecule has 0 bridgehead atoms. The van der Waals surface area contributed by atoms with Crippen LogP contribution in [0.15, 0.2) is 18.2 Å². The number of benzene rings is 1. The molecular formula is C13H15ClN2. The van der Waals surface area contributed by atoms with E-state index in [1.54, 1.807) is 0 Å². The van der Waals surface area contributed by atoms with Crippen LogP contribution in [0.3, 0.4) is 0 Å². The van der Waals surface area contributed by atoms with E-state index in [-0.39, 0.29) is 0 Å². The maximum atomic E-state index is 6.01. The average Bonchev–Trinajstić information content (AvgIpc) is 3.04. The van der Waals surface area contributed by atoms with Gasteiger partial charge in [-0.05, 0) is 43.5 Å². The Kier molecular flexibility index (Phi) is 2.41. The van der Waals surface area contributed by atoms with E-state index < -0.39 is 0 Å². The lowest BCUT2D eigenvalue weighted by Gasteiger charge is -2.01.